The molecule has 4 rings (SSSR count). The Balaban J connectivity index is 0.0000319. The summed E-state index contributed by atoms with van der Waals surface area (Å²) in [5, 5.41) is 15.6. The zero-order chi connectivity index (χ0) is 80.2. The number of carboxylic acid groups (broad SMARTS) is 1. The largest absolute Gasteiger partial charge is 1.00 e. The predicted molar refractivity (Wildman–Crippen MR) is 424 cm³/mol. The van der Waals surface area contributed by atoms with Gasteiger partial charge in [-0.1, -0.05) is 200 Å². The molecule has 0 aliphatic rings. The van der Waals surface area contributed by atoms with Crippen LogP contribution in [-0.4, -0.2) is 127 Å². The van der Waals surface area contributed by atoms with Crippen LogP contribution in [0.4, 0.5) is 0 Å². The number of carboxylic acids is 1. The van der Waals surface area contributed by atoms with E-state index < -0.39 is 110 Å². The minimum absolute atomic E-state index is 0. The molecule has 2 heterocycles. The second-order valence-electron chi connectivity index (χ2n) is 29.4. The van der Waals surface area contributed by atoms with E-state index in [1.165, 1.54) is 167 Å². The van der Waals surface area contributed by atoms with Crippen LogP contribution in [0.3, 0.4) is 0 Å². The average molecular weight is 1600 g/mol. The molecule has 0 bridgehead atoms. The predicted octanol–water partition coefficient (Wildman–Crippen LogP) is 12.4. The van der Waals surface area contributed by atoms with Gasteiger partial charge < -0.3 is 53.4 Å². The van der Waals surface area contributed by atoms with E-state index in [4.69, 9.17) is 23.3 Å². The Hall–Kier alpha value is -5.96. The topological polar surface area (TPSA) is 364 Å². The molecule has 618 valence electrons. The Morgan fingerprint density at radius 2 is 1.14 bits per heavy atom. The number of amides is 2. The van der Waals surface area contributed by atoms with Crippen LogP contribution < -0.4 is 60.0 Å². The van der Waals surface area contributed by atoms with Crippen molar-refractivity contribution in [2.45, 2.75) is 327 Å². The number of pyridine rings is 1. The number of nitrogens with one attached hydrogen (secondary N) is 4. The van der Waals surface area contributed by atoms with E-state index >= 15 is 0 Å². The summed E-state index contributed by atoms with van der Waals surface area (Å²) < 4.78 is 71.0. The number of carbonyl (C=O) groups excluding carboxylic acids is 7. The van der Waals surface area contributed by atoms with E-state index in [0.717, 1.165) is 56.3 Å². The number of esters is 2. The fourth-order valence-corrected chi connectivity index (χ4v) is 15.7. The van der Waals surface area contributed by atoms with Crippen molar-refractivity contribution in [2.75, 3.05) is 39.5 Å². The SMILES string of the molecule is CCCCCCCCCCCCCCCCCC(=O)OC[C@H](COP(=O)([O-])OCCNC(=O)CC(=O)CCCC(=O)CCCNC(=O)CCCOc1cc(C)c(S(=O)(=O)N[C@@H](CCC(=O)c2cn(C)c3cc(CCc4ncc[nH]4)ccc3c2=O)C(=O)O)c(C)c1)OC(=O)CCCCCCCCCCCCCCCCC.[Na+]. The third-order valence-corrected chi connectivity index (χ3v) is 22.3. The van der Waals surface area contributed by atoms with E-state index in [-0.39, 0.29) is 127 Å². The van der Waals surface area contributed by atoms with E-state index in [2.05, 4.69) is 39.2 Å². The summed E-state index contributed by atoms with van der Waals surface area (Å²) in [7, 11) is -7.76. The summed E-state index contributed by atoms with van der Waals surface area (Å²) in [6.45, 7) is 5.97. The van der Waals surface area contributed by atoms with Crippen molar-refractivity contribution < 1.29 is 114 Å². The summed E-state index contributed by atoms with van der Waals surface area (Å²) in [4.78, 5) is 135. The Bertz CT molecular complexity index is 3610. The van der Waals surface area contributed by atoms with Gasteiger partial charge in [0, 0.05) is 95.5 Å². The van der Waals surface area contributed by atoms with Gasteiger partial charge in [-0.05, 0) is 99.7 Å². The van der Waals surface area contributed by atoms with Crippen LogP contribution in [0.1, 0.15) is 316 Å². The molecule has 2 aromatic carbocycles. The van der Waals surface area contributed by atoms with Gasteiger partial charge in [-0.2, -0.15) is 4.72 Å². The van der Waals surface area contributed by atoms with Crippen LogP contribution >= 0.6 is 7.82 Å². The molecule has 25 nitrogen and oxygen atoms in total. The maximum Gasteiger partial charge on any atom is 1.00 e. The number of fused-ring (bicyclic) bond motifs is 1. The number of carbonyl (C=O) groups is 8. The van der Waals surface area contributed by atoms with Gasteiger partial charge in [0.05, 0.1) is 42.2 Å². The first-order valence-corrected chi connectivity index (χ1v) is 44.0. The van der Waals surface area contributed by atoms with Gasteiger partial charge in [-0.25, -0.2) is 13.4 Å². The molecule has 0 aliphatic heterocycles. The van der Waals surface area contributed by atoms with Crippen molar-refractivity contribution in [3.63, 3.8) is 0 Å². The second-order valence-corrected chi connectivity index (χ2v) is 32.4. The number of aryl methyl sites for hydroxylation is 5. The number of rotatable bonds is 68. The first-order chi connectivity index (χ1) is 52.9. The maximum absolute atomic E-state index is 13.7. The molecule has 111 heavy (non-hydrogen) atoms. The van der Waals surface area contributed by atoms with Crippen LogP contribution in [0, 0.1) is 13.8 Å². The molecule has 4 aromatic rings. The van der Waals surface area contributed by atoms with Crippen molar-refractivity contribution in [3.8, 4) is 5.75 Å². The molecule has 0 saturated carbocycles. The van der Waals surface area contributed by atoms with Crippen molar-refractivity contribution >= 4 is 75.8 Å². The van der Waals surface area contributed by atoms with Gasteiger partial charge in [0.2, 0.25) is 21.8 Å². The second kappa shape index (κ2) is 58.8. The van der Waals surface area contributed by atoms with Crippen molar-refractivity contribution in [1.82, 2.24) is 29.9 Å². The number of Topliss-reactive ketones (excluding diaryl/α,β-unsaturated/α-hetero) is 3. The Morgan fingerprint density at radius 1 is 0.604 bits per heavy atom. The van der Waals surface area contributed by atoms with Gasteiger partial charge in [0.15, 0.2) is 17.3 Å². The molecule has 28 heteroatoms. The average Bonchev–Trinajstić information content (AvgIpc) is 0.869. The fourth-order valence-electron chi connectivity index (χ4n) is 13.3. The van der Waals surface area contributed by atoms with Gasteiger partial charge in [-0.3, -0.25) is 47.7 Å². The summed E-state index contributed by atoms with van der Waals surface area (Å²) in [6.07, 6.45) is 40.5. The number of ether oxygens (including phenoxy) is 3. The van der Waals surface area contributed by atoms with Crippen LogP contribution in [-0.2, 0) is 86.6 Å². The number of phosphoric acid groups is 1. The molecule has 0 radical (unpaired) electrons. The zero-order valence-electron chi connectivity index (χ0n) is 67.7. The fraction of sp³-hybridized carbons (Fsp3) is 0.687. The number of hydrogen-bond acceptors (Lipinski definition) is 19. The van der Waals surface area contributed by atoms with Crippen LogP contribution in [0.15, 0.2) is 58.6 Å². The van der Waals surface area contributed by atoms with Crippen molar-refractivity contribution in [1.29, 1.82) is 0 Å². The number of aromatic nitrogens is 3. The zero-order valence-corrected chi connectivity index (χ0v) is 71.4. The van der Waals surface area contributed by atoms with E-state index in [9.17, 15) is 66.1 Å². The molecule has 3 atom stereocenters. The molecule has 0 aliphatic carbocycles. The maximum atomic E-state index is 13.7. The number of aromatic amines is 1. The first-order valence-electron chi connectivity index (χ1n) is 41.1. The number of nitrogens with zero attached hydrogens (tertiary/aromatic N) is 2. The first kappa shape index (κ1) is 99.2. The minimum Gasteiger partial charge on any atom is -0.756 e. The quantitative estimate of drug-likeness (QED) is 0.00684. The van der Waals surface area contributed by atoms with E-state index in [1.807, 2.05) is 6.07 Å². The molecule has 0 spiro atoms. The number of aliphatic carboxylic acids is 1. The summed E-state index contributed by atoms with van der Waals surface area (Å²) >= 11 is 0. The molecule has 0 saturated heterocycles. The minimum atomic E-state index is -5.00. The third kappa shape index (κ3) is 44.5. The van der Waals surface area contributed by atoms with Gasteiger partial charge in [0.1, 0.15) is 35.8 Å². The Morgan fingerprint density at radius 3 is 1.68 bits per heavy atom. The molecule has 5 N–H and O–H groups in total. The Kier molecular flexibility index (Phi) is 52.6. The molecular weight excluding hydrogens is 1470 g/mol. The number of imidazole rings is 1. The number of sulfonamides is 1. The van der Waals surface area contributed by atoms with Crippen LogP contribution in [0.2, 0.25) is 0 Å². The van der Waals surface area contributed by atoms with Crippen LogP contribution in [0.25, 0.3) is 10.9 Å². The molecular formula is C83H130N6NaO19PS. The van der Waals surface area contributed by atoms with Gasteiger partial charge in [0.25, 0.3) is 7.82 Å². The molecule has 2 aromatic heterocycles. The molecule has 0 fully saturated rings. The summed E-state index contributed by atoms with van der Waals surface area (Å²) in [5.41, 5.74) is 1.42. The number of unbranched alkanes of at least 4 members (excludes halogenated alkanes) is 28. The van der Waals surface area contributed by atoms with E-state index in [0.29, 0.717) is 55.2 Å². The smallest absolute Gasteiger partial charge is 0.756 e. The van der Waals surface area contributed by atoms with E-state index in [1.54, 1.807) is 36.1 Å². The van der Waals surface area contributed by atoms with Crippen molar-refractivity contribution in [2.24, 2.45) is 7.05 Å². The molecule has 1 unspecified atom stereocenters. The monoisotopic (exact) mass is 1600 g/mol. The standard InChI is InChI=1S/C83H131N6O19PS.Na/c1-6-8-10-12-14-16-18-20-22-24-26-28-30-32-34-43-79(95)105-62-70(108-80(96)44-35-33-31-29-27-25-23-21-19-17-15-13-11-9-7-2)63-107-109(100,101)106-56-54-87-78(94)60-68(91)40-36-39-67(90)41-37-51-86-77(93)42-38-55-104-69-57-64(3)82(65(4)58-69)110(102,103)88-73(83(98)99)48-49-75(92)72-61-89(5)74-59-66(45-47-71(74)81(72)97)46-50-76-84-52-53-85-76;/h45,47,52-53,57-59,61,70,73,88H,6-44,46,48-51,54-56,60,62-63H2,1-5H3,(H,84,85)(H,86,93)(H,87,94)(H,98,99)(H,100,101);/q;+1/p-1/t70-,73+;/m1./s1. The Labute approximate surface area is 682 Å². The third-order valence-electron chi connectivity index (χ3n) is 19.5. The number of hydrogen-bond donors (Lipinski definition) is 5. The number of benzene rings is 2. The normalized spacial score (nSPS) is 12.6. The van der Waals surface area contributed by atoms with Crippen LogP contribution in [0.5, 0.6) is 5.75 Å². The summed E-state index contributed by atoms with van der Waals surface area (Å²) in [5.74, 6) is -3.58. The molecule has 2 amide bonds. The van der Waals surface area contributed by atoms with Gasteiger partial charge in [-0.15, -0.1) is 0 Å². The number of phosphoric ester groups is 1. The number of ketones is 3. The number of H-pyrrole nitrogens is 1. The van der Waals surface area contributed by atoms with Gasteiger partial charge >= 0.3 is 47.5 Å². The summed E-state index contributed by atoms with van der Waals surface area (Å²) in [6, 6.07) is 6.58. The van der Waals surface area contributed by atoms with Crippen molar-refractivity contribution in [3.05, 3.63) is 87.2 Å².